The van der Waals surface area contributed by atoms with Gasteiger partial charge in [-0.15, -0.1) is 0 Å². The van der Waals surface area contributed by atoms with E-state index in [1.165, 1.54) is 0 Å². The Labute approximate surface area is 111 Å². The first kappa shape index (κ1) is 15.0. The number of aliphatic carboxylic acids is 1. The summed E-state index contributed by atoms with van der Waals surface area (Å²) >= 11 is 0. The van der Waals surface area contributed by atoms with Crippen LogP contribution in [0, 0.1) is 12.8 Å². The Bertz CT molecular complexity index is 442. The number of aryl methyl sites for hydroxylation is 1. The van der Waals surface area contributed by atoms with Crippen LogP contribution in [0.15, 0.2) is 10.6 Å². The predicted molar refractivity (Wildman–Crippen MR) is 67.5 cm³/mol. The molecule has 19 heavy (non-hydrogen) atoms. The number of carbonyl (C=O) groups is 2. The van der Waals surface area contributed by atoms with Crippen LogP contribution < -0.4 is 10.6 Å². The van der Waals surface area contributed by atoms with E-state index < -0.39 is 18.0 Å². The molecule has 0 spiro atoms. The van der Waals surface area contributed by atoms with Crippen LogP contribution >= 0.6 is 0 Å². The van der Waals surface area contributed by atoms with Crippen molar-refractivity contribution in [3.8, 4) is 0 Å². The van der Waals surface area contributed by atoms with E-state index in [-0.39, 0.29) is 12.5 Å². The minimum Gasteiger partial charge on any atom is -0.480 e. The first-order chi connectivity index (χ1) is 8.88. The van der Waals surface area contributed by atoms with E-state index >= 15 is 0 Å². The van der Waals surface area contributed by atoms with Gasteiger partial charge in [-0.05, 0) is 19.3 Å². The minimum absolute atomic E-state index is 0.167. The molecule has 0 saturated heterocycles. The van der Waals surface area contributed by atoms with Gasteiger partial charge in [-0.3, -0.25) is 0 Å². The number of carboxylic acid groups (broad SMARTS) is 1. The van der Waals surface area contributed by atoms with E-state index in [0.29, 0.717) is 12.2 Å². The van der Waals surface area contributed by atoms with Crippen molar-refractivity contribution in [2.24, 2.45) is 5.92 Å². The van der Waals surface area contributed by atoms with Crippen LogP contribution in [0.1, 0.15) is 31.7 Å². The summed E-state index contributed by atoms with van der Waals surface area (Å²) in [4.78, 5) is 22.5. The highest BCUT2D eigenvalue weighted by Gasteiger charge is 2.20. The monoisotopic (exact) mass is 269 g/mol. The number of rotatable bonds is 6. The zero-order valence-electron chi connectivity index (χ0n) is 11.3. The fourth-order valence-corrected chi connectivity index (χ4v) is 1.57. The summed E-state index contributed by atoms with van der Waals surface area (Å²) in [7, 11) is 0. The van der Waals surface area contributed by atoms with E-state index in [0.717, 1.165) is 5.69 Å². The molecule has 7 heteroatoms. The largest absolute Gasteiger partial charge is 0.480 e. The van der Waals surface area contributed by atoms with Crippen LogP contribution in [0.3, 0.4) is 0 Å². The fourth-order valence-electron chi connectivity index (χ4n) is 1.57. The molecule has 1 atom stereocenters. The molecule has 0 aliphatic rings. The first-order valence-electron chi connectivity index (χ1n) is 6.08. The molecular weight excluding hydrogens is 250 g/mol. The molecule has 0 saturated carbocycles. The van der Waals surface area contributed by atoms with Crippen molar-refractivity contribution in [2.45, 2.75) is 39.8 Å². The molecule has 0 fully saturated rings. The highest BCUT2D eigenvalue weighted by atomic mass is 16.5. The topological polar surface area (TPSA) is 104 Å². The van der Waals surface area contributed by atoms with E-state index in [1.54, 1.807) is 13.0 Å². The number of carboxylic acids is 1. The summed E-state index contributed by atoms with van der Waals surface area (Å²) in [6, 6.07) is 0.266. The van der Waals surface area contributed by atoms with Crippen LogP contribution in [0.2, 0.25) is 0 Å². The summed E-state index contributed by atoms with van der Waals surface area (Å²) < 4.78 is 4.92. The lowest BCUT2D eigenvalue weighted by atomic mass is 10.0. The van der Waals surface area contributed by atoms with Gasteiger partial charge in [0.2, 0.25) is 0 Å². The zero-order valence-corrected chi connectivity index (χ0v) is 11.3. The van der Waals surface area contributed by atoms with Gasteiger partial charge in [0.25, 0.3) is 0 Å². The molecule has 106 valence electrons. The molecule has 0 aromatic carbocycles. The Morgan fingerprint density at radius 1 is 1.47 bits per heavy atom. The molecule has 1 heterocycles. The third kappa shape index (κ3) is 5.41. The van der Waals surface area contributed by atoms with Crippen molar-refractivity contribution in [3.05, 3.63) is 17.5 Å². The number of hydrogen-bond acceptors (Lipinski definition) is 4. The minimum atomic E-state index is -1.04. The Balaban J connectivity index is 2.42. The molecular formula is C12H19N3O4. The summed E-state index contributed by atoms with van der Waals surface area (Å²) in [5, 5.41) is 17.6. The van der Waals surface area contributed by atoms with Crippen LogP contribution in [0.4, 0.5) is 4.79 Å². The van der Waals surface area contributed by atoms with E-state index in [9.17, 15) is 9.59 Å². The van der Waals surface area contributed by atoms with Gasteiger partial charge in [-0.25, -0.2) is 9.59 Å². The van der Waals surface area contributed by atoms with Gasteiger partial charge >= 0.3 is 12.0 Å². The molecule has 0 bridgehead atoms. The van der Waals surface area contributed by atoms with Gasteiger partial charge in [-0.1, -0.05) is 19.0 Å². The molecule has 0 aliphatic heterocycles. The number of nitrogens with zero attached hydrogens (tertiary/aromatic N) is 1. The summed E-state index contributed by atoms with van der Waals surface area (Å²) in [6.07, 6.45) is 0.379. The number of urea groups is 1. The number of hydrogen-bond donors (Lipinski definition) is 3. The summed E-state index contributed by atoms with van der Waals surface area (Å²) in [5.74, 6) is -0.346. The standard InChI is InChI=1S/C12H19N3O4/c1-7(2)4-10(11(16)17)14-12(18)13-6-9-5-8(3)15-19-9/h5,7,10H,4,6H2,1-3H3,(H,16,17)(H2,13,14,18)/t10-/m0/s1. The molecule has 2 amide bonds. The first-order valence-corrected chi connectivity index (χ1v) is 6.08. The highest BCUT2D eigenvalue weighted by Crippen LogP contribution is 2.05. The van der Waals surface area contributed by atoms with Crippen molar-refractivity contribution in [1.82, 2.24) is 15.8 Å². The molecule has 3 N–H and O–H groups in total. The van der Waals surface area contributed by atoms with Gasteiger partial charge in [-0.2, -0.15) is 0 Å². The SMILES string of the molecule is Cc1cc(CNC(=O)N[C@@H](CC(C)C)C(=O)O)on1. The number of carbonyl (C=O) groups excluding carboxylic acids is 1. The average Bonchev–Trinajstić information content (AvgIpc) is 2.71. The smallest absolute Gasteiger partial charge is 0.326 e. The average molecular weight is 269 g/mol. The van der Waals surface area contributed by atoms with Gasteiger partial charge < -0.3 is 20.3 Å². The number of amides is 2. The molecule has 7 nitrogen and oxygen atoms in total. The lowest BCUT2D eigenvalue weighted by molar-refractivity contribution is -0.139. The highest BCUT2D eigenvalue weighted by molar-refractivity contribution is 5.82. The zero-order chi connectivity index (χ0) is 14.4. The maximum absolute atomic E-state index is 11.6. The Hall–Kier alpha value is -2.05. The predicted octanol–water partition coefficient (Wildman–Crippen LogP) is 1.28. The second-order valence-electron chi connectivity index (χ2n) is 4.78. The van der Waals surface area contributed by atoms with Crippen LogP contribution in [-0.2, 0) is 11.3 Å². The maximum atomic E-state index is 11.6. The Morgan fingerprint density at radius 3 is 2.63 bits per heavy atom. The molecule has 0 aliphatic carbocycles. The van der Waals surface area contributed by atoms with E-state index in [1.807, 2.05) is 13.8 Å². The Morgan fingerprint density at radius 2 is 2.16 bits per heavy atom. The summed E-state index contributed by atoms with van der Waals surface area (Å²) in [5.41, 5.74) is 0.723. The second-order valence-corrected chi connectivity index (χ2v) is 4.78. The van der Waals surface area contributed by atoms with E-state index in [4.69, 9.17) is 9.63 Å². The van der Waals surface area contributed by atoms with Crippen LogP contribution in [0.25, 0.3) is 0 Å². The second kappa shape index (κ2) is 6.77. The third-order valence-corrected chi connectivity index (χ3v) is 2.41. The van der Waals surface area contributed by atoms with Crippen molar-refractivity contribution in [2.75, 3.05) is 0 Å². The van der Waals surface area contributed by atoms with Crippen molar-refractivity contribution >= 4 is 12.0 Å². The molecule has 1 rings (SSSR count). The van der Waals surface area contributed by atoms with Crippen LogP contribution in [0.5, 0.6) is 0 Å². The molecule has 1 aromatic heterocycles. The Kier molecular flexibility index (Phi) is 5.35. The van der Waals surface area contributed by atoms with Crippen LogP contribution in [-0.4, -0.2) is 28.3 Å². The van der Waals surface area contributed by atoms with Crippen molar-refractivity contribution in [3.63, 3.8) is 0 Å². The van der Waals surface area contributed by atoms with Gasteiger partial charge in [0.1, 0.15) is 6.04 Å². The molecule has 1 aromatic rings. The summed E-state index contributed by atoms with van der Waals surface area (Å²) in [6.45, 7) is 5.73. The van der Waals surface area contributed by atoms with Crippen molar-refractivity contribution in [1.29, 1.82) is 0 Å². The van der Waals surface area contributed by atoms with Gasteiger partial charge in [0, 0.05) is 6.07 Å². The number of nitrogens with one attached hydrogen (secondary N) is 2. The van der Waals surface area contributed by atoms with E-state index in [2.05, 4.69) is 15.8 Å². The lowest BCUT2D eigenvalue weighted by Gasteiger charge is -2.16. The lowest BCUT2D eigenvalue weighted by Crippen LogP contribution is -2.46. The molecule has 0 radical (unpaired) electrons. The maximum Gasteiger partial charge on any atom is 0.326 e. The normalized spacial score (nSPS) is 12.2. The molecule has 0 unspecified atom stereocenters. The fraction of sp³-hybridized carbons (Fsp3) is 0.583. The van der Waals surface area contributed by atoms with Gasteiger partial charge in [0.05, 0.1) is 12.2 Å². The van der Waals surface area contributed by atoms with Gasteiger partial charge in [0.15, 0.2) is 5.76 Å². The quantitative estimate of drug-likeness (QED) is 0.721. The van der Waals surface area contributed by atoms with Crippen molar-refractivity contribution < 1.29 is 19.2 Å². The number of aromatic nitrogens is 1. The third-order valence-electron chi connectivity index (χ3n) is 2.41.